The number of anilines is 1. The molecule has 2 aromatic carbocycles. The molecule has 0 saturated carbocycles. The SMILES string of the molecule is Cc1cc(-c2nc3ccccc3o2)ccc1N1CCCC1. The Morgan fingerprint density at radius 3 is 2.62 bits per heavy atom. The Balaban J connectivity index is 1.73. The molecule has 0 radical (unpaired) electrons. The number of hydrogen-bond acceptors (Lipinski definition) is 3. The highest BCUT2D eigenvalue weighted by Crippen LogP contribution is 2.30. The van der Waals surface area contributed by atoms with E-state index < -0.39 is 0 Å². The van der Waals surface area contributed by atoms with Crippen LogP contribution in [0, 0.1) is 6.92 Å². The zero-order valence-electron chi connectivity index (χ0n) is 12.2. The maximum absolute atomic E-state index is 5.85. The summed E-state index contributed by atoms with van der Waals surface area (Å²) < 4.78 is 5.85. The normalized spacial score (nSPS) is 15.0. The predicted octanol–water partition coefficient (Wildman–Crippen LogP) is 4.40. The standard InChI is InChI=1S/C18H18N2O/c1-13-12-14(8-9-16(13)20-10-4-5-11-20)18-19-15-6-2-3-7-17(15)21-18/h2-3,6-9,12H,4-5,10-11H2,1H3. The summed E-state index contributed by atoms with van der Waals surface area (Å²) in [6.45, 7) is 4.51. The van der Waals surface area contributed by atoms with E-state index in [9.17, 15) is 0 Å². The minimum absolute atomic E-state index is 0.701. The molecular weight excluding hydrogens is 260 g/mol. The third kappa shape index (κ3) is 2.19. The smallest absolute Gasteiger partial charge is 0.227 e. The Morgan fingerprint density at radius 1 is 1.05 bits per heavy atom. The van der Waals surface area contributed by atoms with Crippen molar-refractivity contribution in [3.63, 3.8) is 0 Å². The molecule has 1 aliphatic heterocycles. The van der Waals surface area contributed by atoms with Gasteiger partial charge in [0.05, 0.1) is 0 Å². The molecule has 1 aliphatic rings. The first-order valence-corrected chi connectivity index (χ1v) is 7.53. The maximum atomic E-state index is 5.85. The molecule has 0 unspecified atom stereocenters. The molecular formula is C18H18N2O. The third-order valence-electron chi connectivity index (χ3n) is 4.18. The van der Waals surface area contributed by atoms with E-state index in [1.807, 2.05) is 24.3 Å². The predicted molar refractivity (Wildman–Crippen MR) is 85.6 cm³/mol. The first-order chi connectivity index (χ1) is 10.3. The summed E-state index contributed by atoms with van der Waals surface area (Å²) in [5, 5.41) is 0. The van der Waals surface area contributed by atoms with Crippen molar-refractivity contribution >= 4 is 16.8 Å². The van der Waals surface area contributed by atoms with Gasteiger partial charge in [-0.3, -0.25) is 0 Å². The van der Waals surface area contributed by atoms with Gasteiger partial charge in [-0.2, -0.15) is 0 Å². The highest BCUT2D eigenvalue weighted by Gasteiger charge is 2.15. The molecule has 3 aromatic rings. The number of oxazole rings is 1. The van der Waals surface area contributed by atoms with E-state index in [0.29, 0.717) is 5.89 Å². The lowest BCUT2D eigenvalue weighted by Gasteiger charge is -2.20. The van der Waals surface area contributed by atoms with Crippen LogP contribution in [-0.2, 0) is 0 Å². The molecule has 106 valence electrons. The van der Waals surface area contributed by atoms with Crippen LogP contribution in [0.1, 0.15) is 18.4 Å². The molecule has 2 heterocycles. The van der Waals surface area contributed by atoms with Crippen LogP contribution in [0.3, 0.4) is 0 Å². The van der Waals surface area contributed by atoms with Gasteiger partial charge in [-0.25, -0.2) is 4.98 Å². The molecule has 0 amide bonds. The van der Waals surface area contributed by atoms with Crippen LogP contribution in [0.25, 0.3) is 22.6 Å². The Morgan fingerprint density at radius 2 is 1.86 bits per heavy atom. The second kappa shape index (κ2) is 4.92. The second-order valence-electron chi connectivity index (χ2n) is 5.68. The quantitative estimate of drug-likeness (QED) is 0.695. The summed E-state index contributed by atoms with van der Waals surface area (Å²) in [6, 6.07) is 14.4. The largest absolute Gasteiger partial charge is 0.436 e. The summed E-state index contributed by atoms with van der Waals surface area (Å²) in [6.07, 6.45) is 2.60. The molecule has 0 spiro atoms. The summed E-state index contributed by atoms with van der Waals surface area (Å²) in [7, 11) is 0. The van der Waals surface area contributed by atoms with E-state index in [4.69, 9.17) is 4.42 Å². The maximum Gasteiger partial charge on any atom is 0.227 e. The van der Waals surface area contributed by atoms with E-state index in [0.717, 1.165) is 16.7 Å². The van der Waals surface area contributed by atoms with Gasteiger partial charge in [-0.15, -0.1) is 0 Å². The minimum atomic E-state index is 0.701. The number of hydrogen-bond donors (Lipinski definition) is 0. The zero-order valence-corrected chi connectivity index (χ0v) is 12.2. The van der Waals surface area contributed by atoms with Gasteiger partial charge in [-0.1, -0.05) is 12.1 Å². The zero-order chi connectivity index (χ0) is 14.2. The average Bonchev–Trinajstić information content (AvgIpc) is 3.16. The van der Waals surface area contributed by atoms with Crippen LogP contribution in [0.5, 0.6) is 0 Å². The molecule has 1 fully saturated rings. The Bertz CT molecular complexity index is 752. The molecule has 3 heteroatoms. The third-order valence-corrected chi connectivity index (χ3v) is 4.18. The van der Waals surface area contributed by atoms with Crippen molar-refractivity contribution in [3.05, 3.63) is 48.0 Å². The summed E-state index contributed by atoms with van der Waals surface area (Å²) in [4.78, 5) is 7.03. The van der Waals surface area contributed by atoms with Gasteiger partial charge in [0.2, 0.25) is 5.89 Å². The highest BCUT2D eigenvalue weighted by atomic mass is 16.3. The molecule has 0 N–H and O–H groups in total. The Kier molecular flexibility index (Phi) is 2.92. The van der Waals surface area contributed by atoms with E-state index >= 15 is 0 Å². The lowest BCUT2D eigenvalue weighted by molar-refractivity contribution is 0.620. The molecule has 0 atom stereocenters. The molecule has 1 aromatic heterocycles. The van der Waals surface area contributed by atoms with Crippen LogP contribution < -0.4 is 4.90 Å². The van der Waals surface area contributed by atoms with Crippen LogP contribution in [-0.4, -0.2) is 18.1 Å². The van der Waals surface area contributed by atoms with Crippen molar-refractivity contribution in [2.45, 2.75) is 19.8 Å². The molecule has 3 nitrogen and oxygen atoms in total. The van der Waals surface area contributed by atoms with Crippen molar-refractivity contribution in [2.75, 3.05) is 18.0 Å². The number of benzene rings is 2. The van der Waals surface area contributed by atoms with Crippen molar-refractivity contribution in [1.82, 2.24) is 4.98 Å². The van der Waals surface area contributed by atoms with Gasteiger partial charge in [0.25, 0.3) is 0 Å². The van der Waals surface area contributed by atoms with Gasteiger partial charge in [-0.05, 0) is 55.7 Å². The van der Waals surface area contributed by atoms with Crippen LogP contribution in [0.2, 0.25) is 0 Å². The van der Waals surface area contributed by atoms with Crippen molar-refractivity contribution in [1.29, 1.82) is 0 Å². The molecule has 0 bridgehead atoms. The lowest BCUT2D eigenvalue weighted by Crippen LogP contribution is -2.18. The number of fused-ring (bicyclic) bond motifs is 1. The fourth-order valence-corrected chi connectivity index (χ4v) is 3.10. The number of nitrogens with zero attached hydrogens (tertiary/aromatic N) is 2. The van der Waals surface area contributed by atoms with E-state index in [1.165, 1.54) is 37.2 Å². The number of aromatic nitrogens is 1. The van der Waals surface area contributed by atoms with Crippen LogP contribution in [0.4, 0.5) is 5.69 Å². The number of rotatable bonds is 2. The van der Waals surface area contributed by atoms with Gasteiger partial charge in [0, 0.05) is 24.3 Å². The molecule has 21 heavy (non-hydrogen) atoms. The van der Waals surface area contributed by atoms with E-state index in [2.05, 4.69) is 35.0 Å². The monoisotopic (exact) mass is 278 g/mol. The Hall–Kier alpha value is -2.29. The van der Waals surface area contributed by atoms with Gasteiger partial charge in [0.15, 0.2) is 5.58 Å². The van der Waals surface area contributed by atoms with Crippen LogP contribution in [0.15, 0.2) is 46.9 Å². The van der Waals surface area contributed by atoms with E-state index in [-0.39, 0.29) is 0 Å². The van der Waals surface area contributed by atoms with Gasteiger partial charge in [0.1, 0.15) is 5.52 Å². The molecule has 1 saturated heterocycles. The fourth-order valence-electron chi connectivity index (χ4n) is 3.10. The number of para-hydroxylation sites is 2. The van der Waals surface area contributed by atoms with Crippen molar-refractivity contribution < 1.29 is 4.42 Å². The van der Waals surface area contributed by atoms with Crippen molar-refractivity contribution in [2.24, 2.45) is 0 Å². The summed E-state index contributed by atoms with van der Waals surface area (Å²) in [5.41, 5.74) is 5.43. The second-order valence-corrected chi connectivity index (χ2v) is 5.68. The lowest BCUT2D eigenvalue weighted by atomic mass is 10.1. The van der Waals surface area contributed by atoms with Crippen molar-refractivity contribution in [3.8, 4) is 11.5 Å². The van der Waals surface area contributed by atoms with E-state index in [1.54, 1.807) is 0 Å². The van der Waals surface area contributed by atoms with Crippen LogP contribution >= 0.6 is 0 Å². The first kappa shape index (κ1) is 12.5. The van der Waals surface area contributed by atoms with Gasteiger partial charge >= 0.3 is 0 Å². The summed E-state index contributed by atoms with van der Waals surface area (Å²) >= 11 is 0. The molecule has 0 aliphatic carbocycles. The molecule has 4 rings (SSSR count). The average molecular weight is 278 g/mol. The summed E-state index contributed by atoms with van der Waals surface area (Å²) in [5.74, 6) is 0.701. The fraction of sp³-hybridized carbons (Fsp3) is 0.278. The Labute approximate surface area is 124 Å². The minimum Gasteiger partial charge on any atom is -0.436 e. The highest BCUT2D eigenvalue weighted by molar-refractivity contribution is 5.76. The van der Waals surface area contributed by atoms with Gasteiger partial charge < -0.3 is 9.32 Å². The first-order valence-electron chi connectivity index (χ1n) is 7.53. The topological polar surface area (TPSA) is 29.3 Å². The number of aryl methyl sites for hydroxylation is 1.